The monoisotopic (exact) mass is 271 g/mol. The number of aliphatic hydroxyl groups is 2. The molecule has 20 heavy (non-hydrogen) atoms. The average Bonchev–Trinajstić information content (AvgIpc) is 2.48. The summed E-state index contributed by atoms with van der Waals surface area (Å²) in [6.45, 7) is 0.183. The van der Waals surface area contributed by atoms with Gasteiger partial charge in [-0.1, -0.05) is 36.4 Å². The fraction of sp³-hybridized carbons (Fsp3) is 0.294. The van der Waals surface area contributed by atoms with E-state index < -0.39 is 6.10 Å². The average molecular weight is 271 g/mol. The van der Waals surface area contributed by atoms with Gasteiger partial charge in [0.15, 0.2) is 0 Å². The highest BCUT2D eigenvalue weighted by Gasteiger charge is 2.07. The lowest BCUT2D eigenvalue weighted by Gasteiger charge is -2.11. The molecule has 0 saturated heterocycles. The second-order valence-electron chi connectivity index (χ2n) is 4.98. The van der Waals surface area contributed by atoms with Crippen LogP contribution in [0.25, 0.3) is 11.1 Å². The van der Waals surface area contributed by atoms with Crippen molar-refractivity contribution in [3.8, 4) is 11.1 Å². The van der Waals surface area contributed by atoms with E-state index in [1.165, 1.54) is 0 Å². The molecule has 4 N–H and O–H groups in total. The minimum absolute atomic E-state index is 0.183. The predicted octanol–water partition coefficient (Wildman–Crippen LogP) is 3.13. The molecule has 3 nitrogen and oxygen atoms in total. The van der Waals surface area contributed by atoms with Gasteiger partial charge >= 0.3 is 0 Å². The highest BCUT2D eigenvalue weighted by Crippen LogP contribution is 2.24. The van der Waals surface area contributed by atoms with Crippen molar-refractivity contribution in [2.24, 2.45) is 0 Å². The van der Waals surface area contributed by atoms with Crippen LogP contribution in [0.4, 0.5) is 5.69 Å². The molecule has 1 unspecified atom stereocenters. The number of nitrogens with two attached hydrogens (primary N) is 1. The van der Waals surface area contributed by atoms with Crippen LogP contribution in [0.3, 0.4) is 0 Å². The molecule has 2 aromatic rings. The van der Waals surface area contributed by atoms with Gasteiger partial charge in [-0.2, -0.15) is 0 Å². The Morgan fingerprint density at radius 1 is 0.850 bits per heavy atom. The quantitative estimate of drug-likeness (QED) is 0.558. The SMILES string of the molecule is Nc1ccc(-c2ccc(C(O)CCCCO)cc2)cc1. The second kappa shape index (κ2) is 7.08. The fourth-order valence-electron chi connectivity index (χ4n) is 2.19. The number of hydrogen-bond donors (Lipinski definition) is 3. The van der Waals surface area contributed by atoms with Crippen LogP contribution in [-0.4, -0.2) is 16.8 Å². The molecule has 0 bridgehead atoms. The lowest BCUT2D eigenvalue weighted by molar-refractivity contribution is 0.159. The van der Waals surface area contributed by atoms with Crippen LogP contribution in [0.1, 0.15) is 30.9 Å². The number of unbranched alkanes of at least 4 members (excludes halogenated alkanes) is 1. The summed E-state index contributed by atoms with van der Waals surface area (Å²) >= 11 is 0. The summed E-state index contributed by atoms with van der Waals surface area (Å²) in [6.07, 6.45) is 1.79. The molecular formula is C17H21NO2. The van der Waals surface area contributed by atoms with Crippen molar-refractivity contribution >= 4 is 5.69 Å². The van der Waals surface area contributed by atoms with Crippen LogP contribution in [0.5, 0.6) is 0 Å². The number of rotatable bonds is 6. The fourth-order valence-corrected chi connectivity index (χ4v) is 2.19. The number of benzene rings is 2. The number of hydrogen-bond acceptors (Lipinski definition) is 3. The van der Waals surface area contributed by atoms with Gasteiger partial charge in [0.2, 0.25) is 0 Å². The third-order valence-electron chi connectivity index (χ3n) is 3.43. The van der Waals surface area contributed by atoms with E-state index in [9.17, 15) is 5.11 Å². The van der Waals surface area contributed by atoms with Crippen molar-refractivity contribution in [2.45, 2.75) is 25.4 Å². The minimum Gasteiger partial charge on any atom is -0.399 e. The first-order valence-corrected chi connectivity index (χ1v) is 6.95. The number of aliphatic hydroxyl groups excluding tert-OH is 2. The Balaban J connectivity index is 2.04. The minimum atomic E-state index is -0.456. The zero-order valence-corrected chi connectivity index (χ0v) is 11.5. The molecule has 0 aromatic heterocycles. The van der Waals surface area contributed by atoms with Gasteiger partial charge in [-0.05, 0) is 48.1 Å². The third-order valence-corrected chi connectivity index (χ3v) is 3.43. The second-order valence-corrected chi connectivity index (χ2v) is 4.98. The number of anilines is 1. The lowest BCUT2D eigenvalue weighted by Crippen LogP contribution is -1.98. The molecule has 2 aromatic carbocycles. The first-order chi connectivity index (χ1) is 9.70. The normalized spacial score (nSPS) is 12.3. The van der Waals surface area contributed by atoms with Crippen LogP contribution >= 0.6 is 0 Å². The topological polar surface area (TPSA) is 66.5 Å². The maximum atomic E-state index is 10.0. The zero-order valence-electron chi connectivity index (χ0n) is 11.5. The summed E-state index contributed by atoms with van der Waals surface area (Å²) in [7, 11) is 0. The molecule has 0 fully saturated rings. The van der Waals surface area contributed by atoms with Gasteiger partial charge < -0.3 is 15.9 Å². The van der Waals surface area contributed by atoms with E-state index in [0.29, 0.717) is 6.42 Å². The van der Waals surface area contributed by atoms with Crippen molar-refractivity contribution < 1.29 is 10.2 Å². The van der Waals surface area contributed by atoms with Gasteiger partial charge in [-0.3, -0.25) is 0 Å². The highest BCUT2D eigenvalue weighted by atomic mass is 16.3. The van der Waals surface area contributed by atoms with Crippen molar-refractivity contribution in [3.05, 3.63) is 54.1 Å². The van der Waals surface area contributed by atoms with Crippen LogP contribution in [0.2, 0.25) is 0 Å². The van der Waals surface area contributed by atoms with Gasteiger partial charge in [-0.15, -0.1) is 0 Å². The van der Waals surface area contributed by atoms with Gasteiger partial charge in [0, 0.05) is 12.3 Å². The Hall–Kier alpha value is -1.84. The van der Waals surface area contributed by atoms with E-state index in [4.69, 9.17) is 10.8 Å². The number of nitrogen functional groups attached to an aromatic ring is 1. The Morgan fingerprint density at radius 3 is 1.95 bits per heavy atom. The molecule has 0 radical (unpaired) electrons. The van der Waals surface area contributed by atoms with E-state index in [2.05, 4.69) is 0 Å². The summed E-state index contributed by atoms with van der Waals surface area (Å²) < 4.78 is 0. The van der Waals surface area contributed by atoms with Gasteiger partial charge in [0.05, 0.1) is 6.10 Å². The van der Waals surface area contributed by atoms with Crippen LogP contribution in [0, 0.1) is 0 Å². The molecule has 0 aliphatic heterocycles. The Morgan fingerprint density at radius 2 is 1.40 bits per heavy atom. The zero-order chi connectivity index (χ0) is 14.4. The molecule has 0 spiro atoms. The predicted molar refractivity (Wildman–Crippen MR) is 82.2 cm³/mol. The highest BCUT2D eigenvalue weighted by molar-refractivity contribution is 5.65. The van der Waals surface area contributed by atoms with Gasteiger partial charge in [0.25, 0.3) is 0 Å². The summed E-state index contributed by atoms with van der Waals surface area (Å²) in [5.41, 5.74) is 9.57. The first-order valence-electron chi connectivity index (χ1n) is 6.95. The van der Waals surface area contributed by atoms with E-state index >= 15 is 0 Å². The van der Waals surface area contributed by atoms with E-state index in [1.54, 1.807) is 0 Å². The molecule has 0 aliphatic rings. The first kappa shape index (κ1) is 14.6. The molecule has 2 rings (SSSR count). The largest absolute Gasteiger partial charge is 0.399 e. The Kier molecular flexibility index (Phi) is 5.16. The van der Waals surface area contributed by atoms with Crippen molar-refractivity contribution in [1.82, 2.24) is 0 Å². The molecule has 3 heteroatoms. The summed E-state index contributed by atoms with van der Waals surface area (Å²) in [6, 6.07) is 15.7. The van der Waals surface area contributed by atoms with Crippen molar-refractivity contribution in [2.75, 3.05) is 12.3 Å². The summed E-state index contributed by atoms with van der Waals surface area (Å²) in [5.74, 6) is 0. The molecule has 0 saturated carbocycles. The van der Waals surface area contributed by atoms with Crippen LogP contribution in [-0.2, 0) is 0 Å². The molecule has 1 atom stereocenters. The molecule has 0 heterocycles. The third kappa shape index (κ3) is 3.83. The Labute approximate surface area is 119 Å². The Bertz CT molecular complexity index is 520. The molecule has 0 amide bonds. The smallest absolute Gasteiger partial charge is 0.0790 e. The van der Waals surface area contributed by atoms with Crippen molar-refractivity contribution in [3.63, 3.8) is 0 Å². The van der Waals surface area contributed by atoms with E-state index in [-0.39, 0.29) is 6.61 Å². The maximum absolute atomic E-state index is 10.0. The molecule has 0 aliphatic carbocycles. The van der Waals surface area contributed by atoms with E-state index in [1.807, 2.05) is 48.5 Å². The summed E-state index contributed by atoms with van der Waals surface area (Å²) in [4.78, 5) is 0. The van der Waals surface area contributed by atoms with Gasteiger partial charge in [0.1, 0.15) is 0 Å². The summed E-state index contributed by atoms with van der Waals surface area (Å²) in [5, 5.41) is 18.8. The molecular weight excluding hydrogens is 250 g/mol. The van der Waals surface area contributed by atoms with Crippen LogP contribution < -0.4 is 5.73 Å². The lowest BCUT2D eigenvalue weighted by atomic mass is 9.99. The van der Waals surface area contributed by atoms with E-state index in [0.717, 1.165) is 35.2 Å². The van der Waals surface area contributed by atoms with Crippen molar-refractivity contribution in [1.29, 1.82) is 0 Å². The standard InChI is InChI=1S/C17H21NO2/c18-16-10-8-14(9-11-16)13-4-6-15(7-5-13)17(20)3-1-2-12-19/h4-11,17,19-20H,1-3,12,18H2. The molecule has 106 valence electrons. The van der Waals surface area contributed by atoms with Gasteiger partial charge in [-0.25, -0.2) is 0 Å². The maximum Gasteiger partial charge on any atom is 0.0790 e. The van der Waals surface area contributed by atoms with Crippen LogP contribution in [0.15, 0.2) is 48.5 Å².